The van der Waals surface area contributed by atoms with Gasteiger partial charge < -0.3 is 10.1 Å². The van der Waals surface area contributed by atoms with E-state index in [1.807, 2.05) is 0 Å². The normalized spacial score (nSPS) is 10.5. The van der Waals surface area contributed by atoms with Crippen LogP contribution in [0.4, 0.5) is 10.1 Å². The number of amides is 1. The Labute approximate surface area is 155 Å². The van der Waals surface area contributed by atoms with Crippen LogP contribution >= 0.6 is 0 Å². The van der Waals surface area contributed by atoms with Crippen LogP contribution in [0.3, 0.4) is 0 Å². The maximum atomic E-state index is 13.1. The zero-order chi connectivity index (χ0) is 19.6. The van der Waals surface area contributed by atoms with Gasteiger partial charge in [-0.25, -0.2) is 13.9 Å². The average molecular weight is 367 g/mol. The molecule has 0 aliphatic heterocycles. The summed E-state index contributed by atoms with van der Waals surface area (Å²) in [4.78, 5) is 23.7. The number of esters is 1. The summed E-state index contributed by atoms with van der Waals surface area (Å²) in [6.45, 7) is 4.88. The first-order valence-electron chi connectivity index (χ1n) is 8.27. The van der Waals surface area contributed by atoms with Crippen molar-refractivity contribution in [1.82, 2.24) is 9.78 Å². The van der Waals surface area contributed by atoms with Gasteiger partial charge in [0.05, 0.1) is 17.1 Å². The van der Waals surface area contributed by atoms with Crippen molar-refractivity contribution < 1.29 is 18.7 Å². The van der Waals surface area contributed by atoms with Crippen LogP contribution in [-0.4, -0.2) is 21.7 Å². The fourth-order valence-corrected chi connectivity index (χ4v) is 2.74. The number of nitrogens with one attached hydrogen (secondary N) is 1. The number of hydrogen-bond acceptors (Lipinski definition) is 4. The molecule has 0 aliphatic rings. The van der Waals surface area contributed by atoms with Gasteiger partial charge in [0.15, 0.2) is 0 Å². The number of hydrogen-bond donors (Lipinski definition) is 1. The van der Waals surface area contributed by atoms with Gasteiger partial charge in [-0.2, -0.15) is 5.10 Å². The zero-order valence-corrected chi connectivity index (χ0v) is 15.1. The Kier molecular flexibility index (Phi) is 5.03. The number of rotatable bonds is 4. The Morgan fingerprint density at radius 3 is 2.26 bits per heavy atom. The largest absolute Gasteiger partial charge is 0.423 e. The van der Waals surface area contributed by atoms with Gasteiger partial charge in [0.25, 0.3) is 0 Å². The van der Waals surface area contributed by atoms with Crippen LogP contribution < -0.4 is 10.1 Å². The van der Waals surface area contributed by atoms with E-state index < -0.39 is 5.97 Å². The fraction of sp³-hybridized carbons (Fsp3) is 0.150. The van der Waals surface area contributed by atoms with E-state index >= 15 is 0 Å². The molecule has 138 valence electrons. The second kappa shape index (κ2) is 7.41. The predicted molar refractivity (Wildman–Crippen MR) is 98.7 cm³/mol. The summed E-state index contributed by atoms with van der Waals surface area (Å²) in [5.74, 6) is -0.713. The van der Waals surface area contributed by atoms with E-state index in [-0.39, 0.29) is 11.7 Å². The molecule has 2 aromatic carbocycles. The Hall–Kier alpha value is -3.48. The lowest BCUT2D eigenvalue weighted by Crippen LogP contribution is -2.11. The zero-order valence-electron chi connectivity index (χ0n) is 15.1. The smallest absolute Gasteiger partial charge is 0.347 e. The summed E-state index contributed by atoms with van der Waals surface area (Å²) in [6, 6.07) is 12.3. The average Bonchev–Trinajstić information content (AvgIpc) is 2.91. The highest BCUT2D eigenvalue weighted by Crippen LogP contribution is 2.22. The molecule has 0 radical (unpaired) electrons. The van der Waals surface area contributed by atoms with Crippen molar-refractivity contribution in [3.63, 3.8) is 0 Å². The van der Waals surface area contributed by atoms with Crippen molar-refractivity contribution in [3.05, 3.63) is 71.3 Å². The lowest BCUT2D eigenvalue weighted by Gasteiger charge is -2.07. The lowest BCUT2D eigenvalue weighted by atomic mass is 10.2. The fourth-order valence-electron chi connectivity index (χ4n) is 2.74. The van der Waals surface area contributed by atoms with Gasteiger partial charge in [-0.3, -0.25) is 4.79 Å². The van der Waals surface area contributed by atoms with E-state index in [2.05, 4.69) is 10.4 Å². The number of anilines is 1. The summed E-state index contributed by atoms with van der Waals surface area (Å²) >= 11 is 0. The molecule has 0 saturated carbocycles. The molecular weight excluding hydrogens is 349 g/mol. The topological polar surface area (TPSA) is 73.2 Å². The van der Waals surface area contributed by atoms with Crippen molar-refractivity contribution in [1.29, 1.82) is 0 Å². The molecule has 27 heavy (non-hydrogen) atoms. The van der Waals surface area contributed by atoms with E-state index in [1.165, 1.54) is 19.1 Å². The highest BCUT2D eigenvalue weighted by atomic mass is 19.1. The second-order valence-corrected chi connectivity index (χ2v) is 6.03. The minimum absolute atomic E-state index is 0.181. The van der Waals surface area contributed by atoms with Crippen LogP contribution in [0.15, 0.2) is 48.5 Å². The first kappa shape index (κ1) is 18.3. The van der Waals surface area contributed by atoms with Gasteiger partial charge in [-0.1, -0.05) is 0 Å². The SMILES string of the molecule is CC(=O)Nc1ccc(OC(=O)c2c(C)nn(-c3ccc(F)cc3)c2C)cc1. The molecule has 0 spiro atoms. The Balaban J connectivity index is 1.83. The molecule has 0 aliphatic carbocycles. The first-order chi connectivity index (χ1) is 12.8. The molecule has 1 N–H and O–H groups in total. The molecule has 3 aromatic rings. The molecule has 1 heterocycles. The summed E-state index contributed by atoms with van der Waals surface area (Å²) in [5, 5.41) is 7.01. The Morgan fingerprint density at radius 1 is 1.04 bits per heavy atom. The summed E-state index contributed by atoms with van der Waals surface area (Å²) in [6.07, 6.45) is 0. The maximum Gasteiger partial charge on any atom is 0.347 e. The second-order valence-electron chi connectivity index (χ2n) is 6.03. The Bertz CT molecular complexity index is 993. The van der Waals surface area contributed by atoms with Crippen LogP contribution in [0.25, 0.3) is 5.69 Å². The van der Waals surface area contributed by atoms with Crippen molar-refractivity contribution in [2.45, 2.75) is 20.8 Å². The van der Waals surface area contributed by atoms with Gasteiger partial charge >= 0.3 is 5.97 Å². The van der Waals surface area contributed by atoms with E-state index in [4.69, 9.17) is 4.74 Å². The molecule has 1 amide bonds. The van der Waals surface area contributed by atoms with Gasteiger partial charge in [0.2, 0.25) is 5.91 Å². The van der Waals surface area contributed by atoms with E-state index in [1.54, 1.807) is 54.9 Å². The van der Waals surface area contributed by atoms with Crippen LogP contribution in [-0.2, 0) is 4.79 Å². The Morgan fingerprint density at radius 2 is 1.67 bits per heavy atom. The number of ether oxygens (including phenoxy) is 1. The third kappa shape index (κ3) is 4.03. The van der Waals surface area contributed by atoms with Crippen molar-refractivity contribution >= 4 is 17.6 Å². The molecule has 1 aromatic heterocycles. The highest BCUT2D eigenvalue weighted by Gasteiger charge is 2.21. The van der Waals surface area contributed by atoms with Gasteiger partial charge in [0.1, 0.15) is 17.1 Å². The number of benzene rings is 2. The lowest BCUT2D eigenvalue weighted by molar-refractivity contribution is -0.114. The molecule has 3 rings (SSSR count). The third-order valence-corrected chi connectivity index (χ3v) is 3.95. The van der Waals surface area contributed by atoms with Crippen LogP contribution in [0.1, 0.15) is 28.7 Å². The number of nitrogens with zero attached hydrogens (tertiary/aromatic N) is 2. The van der Waals surface area contributed by atoms with Gasteiger partial charge in [-0.15, -0.1) is 0 Å². The minimum Gasteiger partial charge on any atom is -0.423 e. The summed E-state index contributed by atoms with van der Waals surface area (Å²) in [5.41, 5.74) is 2.72. The molecule has 7 heteroatoms. The van der Waals surface area contributed by atoms with Gasteiger partial charge in [0, 0.05) is 12.6 Å². The molecule has 6 nitrogen and oxygen atoms in total. The van der Waals surface area contributed by atoms with Crippen molar-refractivity contribution in [3.8, 4) is 11.4 Å². The number of halogens is 1. The first-order valence-corrected chi connectivity index (χ1v) is 8.27. The quantitative estimate of drug-likeness (QED) is 0.562. The molecule has 0 bridgehead atoms. The number of carbonyl (C=O) groups is 2. The summed E-state index contributed by atoms with van der Waals surface area (Å²) < 4.78 is 20.1. The van der Waals surface area contributed by atoms with Crippen molar-refractivity contribution in [2.24, 2.45) is 0 Å². The highest BCUT2D eigenvalue weighted by molar-refractivity contribution is 5.93. The van der Waals surface area contributed by atoms with Crippen LogP contribution in [0.2, 0.25) is 0 Å². The number of aromatic nitrogens is 2. The molecule has 0 saturated heterocycles. The minimum atomic E-state index is -0.536. The van der Waals surface area contributed by atoms with E-state index in [9.17, 15) is 14.0 Å². The predicted octanol–water partition coefficient (Wildman–Crippen LogP) is 3.81. The third-order valence-electron chi connectivity index (χ3n) is 3.95. The van der Waals surface area contributed by atoms with Crippen molar-refractivity contribution in [2.75, 3.05) is 5.32 Å². The van der Waals surface area contributed by atoms with Gasteiger partial charge in [-0.05, 0) is 62.4 Å². The number of carbonyl (C=O) groups excluding carboxylic acids is 2. The molecule has 0 fully saturated rings. The van der Waals surface area contributed by atoms with E-state index in [0.717, 1.165) is 0 Å². The van der Waals surface area contributed by atoms with E-state index in [0.29, 0.717) is 34.1 Å². The summed E-state index contributed by atoms with van der Waals surface area (Å²) in [7, 11) is 0. The van der Waals surface area contributed by atoms with Crippen LogP contribution in [0.5, 0.6) is 5.75 Å². The number of aryl methyl sites for hydroxylation is 1. The standard InChI is InChI=1S/C20H18FN3O3/c1-12-19(13(2)24(23-12)17-8-4-15(21)5-9-17)20(26)27-18-10-6-16(7-11-18)22-14(3)25/h4-11H,1-3H3,(H,22,25). The molecular formula is C20H18FN3O3. The molecule has 0 unspecified atom stereocenters. The maximum absolute atomic E-state index is 13.1. The van der Waals surface area contributed by atoms with Crippen LogP contribution in [0, 0.1) is 19.7 Å². The monoisotopic (exact) mass is 367 g/mol. The molecule has 0 atom stereocenters.